The maximum absolute atomic E-state index is 9.32. The summed E-state index contributed by atoms with van der Waals surface area (Å²) in [7, 11) is 1.57. The third-order valence-corrected chi connectivity index (χ3v) is 2.16. The van der Waals surface area contributed by atoms with Gasteiger partial charge in [-0.15, -0.1) is 0 Å². The predicted octanol–water partition coefficient (Wildman–Crippen LogP) is 1.50. The second kappa shape index (κ2) is 2.16. The van der Waals surface area contributed by atoms with Crippen LogP contribution in [0.3, 0.4) is 0 Å². The second-order valence-electron chi connectivity index (χ2n) is 2.79. The largest absolute Gasteiger partial charge is 0.504 e. The van der Waals surface area contributed by atoms with Crippen LogP contribution in [0.5, 0.6) is 11.5 Å². The highest BCUT2D eigenvalue weighted by Gasteiger charge is 2.16. The Morgan fingerprint density at radius 1 is 1.27 bits per heavy atom. The zero-order chi connectivity index (χ0) is 7.84. The summed E-state index contributed by atoms with van der Waals surface area (Å²) < 4.78 is 4.96. The van der Waals surface area contributed by atoms with Gasteiger partial charge in [0.2, 0.25) is 0 Å². The molecular weight excluding hydrogens is 140 g/mol. The fourth-order valence-electron chi connectivity index (χ4n) is 1.38. The molecule has 0 fully saturated rings. The molecule has 0 aliphatic heterocycles. The molecular formula is C9H10O2. The van der Waals surface area contributed by atoms with Gasteiger partial charge < -0.3 is 9.84 Å². The van der Waals surface area contributed by atoms with E-state index in [2.05, 4.69) is 0 Å². The van der Waals surface area contributed by atoms with Crippen LogP contribution in [0.25, 0.3) is 0 Å². The molecule has 0 atom stereocenters. The van der Waals surface area contributed by atoms with Gasteiger partial charge in [-0.3, -0.25) is 0 Å². The van der Waals surface area contributed by atoms with Crippen molar-refractivity contribution in [1.29, 1.82) is 0 Å². The van der Waals surface area contributed by atoms with E-state index in [1.807, 2.05) is 6.07 Å². The average Bonchev–Trinajstić information content (AvgIpc) is 1.97. The number of methoxy groups -OCH3 is 1. The van der Waals surface area contributed by atoms with Crippen molar-refractivity contribution in [3.05, 3.63) is 23.3 Å². The number of fused-ring (bicyclic) bond motifs is 1. The lowest BCUT2D eigenvalue weighted by molar-refractivity contribution is 0.371. The van der Waals surface area contributed by atoms with Crippen molar-refractivity contribution < 1.29 is 9.84 Å². The van der Waals surface area contributed by atoms with Crippen LogP contribution < -0.4 is 4.74 Å². The molecule has 0 unspecified atom stereocenters. The van der Waals surface area contributed by atoms with E-state index >= 15 is 0 Å². The molecule has 1 aromatic rings. The van der Waals surface area contributed by atoms with E-state index in [0.29, 0.717) is 5.75 Å². The fourth-order valence-corrected chi connectivity index (χ4v) is 1.38. The number of ether oxygens (including phenoxy) is 1. The van der Waals surface area contributed by atoms with Crippen molar-refractivity contribution in [2.75, 3.05) is 7.11 Å². The van der Waals surface area contributed by atoms with Gasteiger partial charge in [0.1, 0.15) is 0 Å². The van der Waals surface area contributed by atoms with Crippen LogP contribution in [0.15, 0.2) is 12.1 Å². The normalized spacial score (nSPS) is 13.5. The van der Waals surface area contributed by atoms with Crippen molar-refractivity contribution >= 4 is 0 Å². The summed E-state index contributed by atoms with van der Waals surface area (Å²) in [5.74, 6) is 0.842. The summed E-state index contributed by atoms with van der Waals surface area (Å²) in [6.07, 6.45) is 2.21. The summed E-state index contributed by atoms with van der Waals surface area (Å²) in [5.41, 5.74) is 2.56. The van der Waals surface area contributed by atoms with E-state index in [4.69, 9.17) is 4.74 Å². The lowest BCUT2D eigenvalue weighted by Crippen LogP contribution is -2.07. The Bertz CT molecular complexity index is 292. The van der Waals surface area contributed by atoms with Gasteiger partial charge in [0, 0.05) is 0 Å². The van der Waals surface area contributed by atoms with Crippen molar-refractivity contribution in [2.45, 2.75) is 12.8 Å². The number of aromatic hydroxyl groups is 1. The van der Waals surface area contributed by atoms with Crippen LogP contribution >= 0.6 is 0 Å². The van der Waals surface area contributed by atoms with E-state index in [1.165, 1.54) is 11.1 Å². The highest BCUT2D eigenvalue weighted by molar-refractivity contribution is 5.50. The van der Waals surface area contributed by atoms with Gasteiger partial charge in [-0.25, -0.2) is 0 Å². The van der Waals surface area contributed by atoms with Gasteiger partial charge >= 0.3 is 0 Å². The van der Waals surface area contributed by atoms with E-state index < -0.39 is 0 Å². The summed E-state index contributed by atoms with van der Waals surface area (Å²) in [6.45, 7) is 0. The molecule has 0 amide bonds. The van der Waals surface area contributed by atoms with E-state index in [0.717, 1.165) is 12.8 Å². The molecule has 0 bridgehead atoms. The summed E-state index contributed by atoms with van der Waals surface area (Å²) >= 11 is 0. The zero-order valence-corrected chi connectivity index (χ0v) is 6.42. The van der Waals surface area contributed by atoms with Crippen molar-refractivity contribution in [3.63, 3.8) is 0 Å². The van der Waals surface area contributed by atoms with Crippen LogP contribution in [0.4, 0.5) is 0 Å². The molecule has 1 aliphatic carbocycles. The Balaban J connectivity index is 2.50. The van der Waals surface area contributed by atoms with Crippen LogP contribution in [0, 0.1) is 0 Å². The van der Waals surface area contributed by atoms with Gasteiger partial charge in [0.15, 0.2) is 11.5 Å². The average molecular weight is 150 g/mol. The first-order valence-corrected chi connectivity index (χ1v) is 3.70. The number of phenolic OH excluding ortho intramolecular Hbond substituents is 1. The fraction of sp³-hybridized carbons (Fsp3) is 0.333. The molecule has 0 spiro atoms. The zero-order valence-electron chi connectivity index (χ0n) is 6.42. The van der Waals surface area contributed by atoms with Crippen LogP contribution in [0.2, 0.25) is 0 Å². The molecule has 11 heavy (non-hydrogen) atoms. The van der Waals surface area contributed by atoms with Gasteiger partial charge in [-0.1, -0.05) is 0 Å². The molecule has 0 radical (unpaired) electrons. The Morgan fingerprint density at radius 3 is 2.45 bits per heavy atom. The molecule has 2 heteroatoms. The van der Waals surface area contributed by atoms with Gasteiger partial charge in [0.05, 0.1) is 7.11 Å². The van der Waals surface area contributed by atoms with E-state index in [-0.39, 0.29) is 5.75 Å². The molecule has 1 aliphatic rings. The van der Waals surface area contributed by atoms with Crippen molar-refractivity contribution in [2.24, 2.45) is 0 Å². The third kappa shape index (κ3) is 0.862. The first-order valence-electron chi connectivity index (χ1n) is 3.70. The minimum atomic E-state index is 0.256. The Kier molecular flexibility index (Phi) is 1.28. The lowest BCUT2D eigenvalue weighted by atomic mass is 9.88. The number of benzene rings is 1. The Labute approximate surface area is 65.4 Å². The molecule has 2 rings (SSSR count). The molecule has 1 aromatic carbocycles. The number of aryl methyl sites for hydroxylation is 2. The van der Waals surface area contributed by atoms with Gasteiger partial charge in [-0.05, 0) is 36.1 Å². The number of rotatable bonds is 1. The van der Waals surface area contributed by atoms with Crippen LogP contribution in [-0.4, -0.2) is 12.2 Å². The smallest absolute Gasteiger partial charge is 0.160 e. The first kappa shape index (κ1) is 6.53. The van der Waals surface area contributed by atoms with Crippen molar-refractivity contribution in [3.8, 4) is 11.5 Å². The molecule has 0 aromatic heterocycles. The second-order valence-corrected chi connectivity index (χ2v) is 2.79. The maximum Gasteiger partial charge on any atom is 0.160 e. The Morgan fingerprint density at radius 2 is 1.91 bits per heavy atom. The van der Waals surface area contributed by atoms with E-state index in [9.17, 15) is 5.11 Å². The third-order valence-electron chi connectivity index (χ3n) is 2.16. The van der Waals surface area contributed by atoms with Gasteiger partial charge in [0.25, 0.3) is 0 Å². The molecule has 1 N–H and O–H groups in total. The molecule has 0 heterocycles. The predicted molar refractivity (Wildman–Crippen MR) is 42.1 cm³/mol. The quantitative estimate of drug-likeness (QED) is 0.657. The monoisotopic (exact) mass is 150 g/mol. The molecule has 2 nitrogen and oxygen atoms in total. The number of phenols is 1. The standard InChI is InChI=1S/C9H10O2/c1-11-9-5-7-3-2-6(7)4-8(9)10/h4-5,10H,2-3H2,1H3. The minimum absolute atomic E-state index is 0.256. The van der Waals surface area contributed by atoms with Gasteiger partial charge in [-0.2, -0.15) is 0 Å². The highest BCUT2D eigenvalue weighted by atomic mass is 16.5. The molecule has 58 valence electrons. The topological polar surface area (TPSA) is 29.5 Å². The molecule has 0 saturated carbocycles. The van der Waals surface area contributed by atoms with Crippen LogP contribution in [0.1, 0.15) is 11.1 Å². The Hall–Kier alpha value is -1.18. The maximum atomic E-state index is 9.32. The highest BCUT2D eigenvalue weighted by Crippen LogP contribution is 2.34. The van der Waals surface area contributed by atoms with Crippen molar-refractivity contribution in [1.82, 2.24) is 0 Å². The minimum Gasteiger partial charge on any atom is -0.504 e. The van der Waals surface area contributed by atoms with E-state index in [1.54, 1.807) is 13.2 Å². The first-order chi connectivity index (χ1) is 5.31. The molecule has 0 saturated heterocycles. The summed E-state index contributed by atoms with van der Waals surface area (Å²) in [5, 5.41) is 9.32. The number of hydrogen-bond acceptors (Lipinski definition) is 2. The number of hydrogen-bond donors (Lipinski definition) is 1. The summed E-state index contributed by atoms with van der Waals surface area (Å²) in [6, 6.07) is 3.70. The lowest BCUT2D eigenvalue weighted by Gasteiger charge is -2.19. The SMILES string of the molecule is COc1cc2c(cc1O)CC2. The van der Waals surface area contributed by atoms with Crippen LogP contribution in [-0.2, 0) is 12.8 Å². The summed E-state index contributed by atoms with van der Waals surface area (Å²) in [4.78, 5) is 0.